The lowest BCUT2D eigenvalue weighted by Crippen LogP contribution is -2.18. The number of benzene rings is 1. The molecule has 1 aromatic carbocycles. The number of nitrogens with zero attached hydrogens (tertiary/aromatic N) is 3. The second-order valence-corrected chi connectivity index (χ2v) is 6.46. The fourth-order valence-electron chi connectivity index (χ4n) is 3.21. The highest BCUT2D eigenvalue weighted by atomic mass is 35.5. The number of halogens is 2. The van der Waals surface area contributed by atoms with Crippen LogP contribution in [-0.2, 0) is 13.0 Å². The first-order valence-corrected chi connectivity index (χ1v) is 8.01. The van der Waals surface area contributed by atoms with E-state index >= 15 is 0 Å². The van der Waals surface area contributed by atoms with Crippen molar-refractivity contribution in [3.8, 4) is 0 Å². The molecule has 1 unspecified atom stereocenters. The van der Waals surface area contributed by atoms with E-state index in [1.807, 2.05) is 6.07 Å². The summed E-state index contributed by atoms with van der Waals surface area (Å²) in [6.45, 7) is 5.00. The summed E-state index contributed by atoms with van der Waals surface area (Å²) in [6, 6.07) is 3.45. The van der Waals surface area contributed by atoms with Gasteiger partial charge in [0.25, 0.3) is 0 Å². The summed E-state index contributed by atoms with van der Waals surface area (Å²) < 4.78 is 16.0. The summed E-state index contributed by atoms with van der Waals surface area (Å²) in [5, 5.41) is 0. The van der Waals surface area contributed by atoms with Crippen LogP contribution in [0.25, 0.3) is 11.0 Å². The second kappa shape index (κ2) is 5.93. The maximum absolute atomic E-state index is 13.7. The third-order valence-corrected chi connectivity index (χ3v) is 4.54. The van der Waals surface area contributed by atoms with E-state index in [9.17, 15) is 4.39 Å². The van der Waals surface area contributed by atoms with Crippen molar-refractivity contribution in [3.63, 3.8) is 0 Å². The zero-order chi connectivity index (χ0) is 15.0. The minimum Gasteiger partial charge on any atom is -0.328 e. The van der Waals surface area contributed by atoms with Crippen LogP contribution in [0.3, 0.4) is 0 Å². The van der Waals surface area contributed by atoms with Gasteiger partial charge < -0.3 is 9.47 Å². The number of rotatable bonds is 4. The van der Waals surface area contributed by atoms with Crippen molar-refractivity contribution in [2.24, 2.45) is 5.92 Å². The minimum absolute atomic E-state index is 0.190. The van der Waals surface area contributed by atoms with E-state index in [1.165, 1.54) is 6.42 Å². The molecule has 2 heterocycles. The molecule has 0 saturated carbocycles. The number of imidazole rings is 1. The molecule has 0 bridgehead atoms. The number of aromatic nitrogens is 2. The first-order valence-electron chi connectivity index (χ1n) is 7.48. The van der Waals surface area contributed by atoms with Gasteiger partial charge in [-0.3, -0.25) is 0 Å². The lowest BCUT2D eigenvalue weighted by molar-refractivity contribution is 0.378. The van der Waals surface area contributed by atoms with Gasteiger partial charge in [-0.05, 0) is 44.5 Å². The molecular formula is C16H21ClFN3. The predicted octanol–water partition coefficient (Wildman–Crippen LogP) is 3.22. The number of hydrogen-bond acceptors (Lipinski definition) is 2. The molecule has 1 atom stereocenters. The average Bonchev–Trinajstić information content (AvgIpc) is 2.97. The number of fused-ring (bicyclic) bond motifs is 1. The summed E-state index contributed by atoms with van der Waals surface area (Å²) in [5.74, 6) is 1.95. The fraction of sp³-hybridized carbons (Fsp3) is 0.562. The van der Waals surface area contributed by atoms with Gasteiger partial charge in [0.15, 0.2) is 0 Å². The lowest BCUT2D eigenvalue weighted by atomic mass is 10.1. The first kappa shape index (κ1) is 14.8. The molecular weight excluding hydrogens is 289 g/mol. The predicted molar refractivity (Wildman–Crippen MR) is 84.5 cm³/mol. The Morgan fingerprint density at radius 3 is 2.90 bits per heavy atom. The van der Waals surface area contributed by atoms with Crippen molar-refractivity contribution < 1.29 is 4.39 Å². The van der Waals surface area contributed by atoms with Gasteiger partial charge in [0.2, 0.25) is 0 Å². The van der Waals surface area contributed by atoms with Gasteiger partial charge in [-0.15, -0.1) is 11.6 Å². The topological polar surface area (TPSA) is 21.1 Å². The van der Waals surface area contributed by atoms with Crippen molar-refractivity contribution in [3.05, 3.63) is 29.3 Å². The minimum atomic E-state index is -0.190. The number of aryl methyl sites for hydroxylation is 2. The highest BCUT2D eigenvalue weighted by Gasteiger charge is 2.22. The summed E-state index contributed by atoms with van der Waals surface area (Å²) >= 11 is 5.90. The smallest absolute Gasteiger partial charge is 0.128 e. The van der Waals surface area contributed by atoms with Crippen LogP contribution in [0.5, 0.6) is 0 Å². The monoisotopic (exact) mass is 309 g/mol. The average molecular weight is 310 g/mol. The molecule has 1 fully saturated rings. The van der Waals surface area contributed by atoms with E-state index < -0.39 is 0 Å². The zero-order valence-corrected chi connectivity index (χ0v) is 13.3. The Labute approximate surface area is 129 Å². The normalized spacial score (nSPS) is 19.7. The van der Waals surface area contributed by atoms with E-state index in [0.29, 0.717) is 17.4 Å². The van der Waals surface area contributed by atoms with Crippen LogP contribution in [0.15, 0.2) is 12.1 Å². The highest BCUT2D eigenvalue weighted by Crippen LogP contribution is 2.24. The van der Waals surface area contributed by atoms with Crippen molar-refractivity contribution in [1.29, 1.82) is 0 Å². The van der Waals surface area contributed by atoms with Gasteiger partial charge in [-0.1, -0.05) is 0 Å². The van der Waals surface area contributed by atoms with Gasteiger partial charge in [-0.25, -0.2) is 9.37 Å². The van der Waals surface area contributed by atoms with Crippen LogP contribution >= 0.6 is 11.6 Å². The molecule has 5 heteroatoms. The molecule has 0 spiro atoms. The Balaban J connectivity index is 2.00. The van der Waals surface area contributed by atoms with E-state index in [4.69, 9.17) is 11.6 Å². The van der Waals surface area contributed by atoms with E-state index in [1.54, 1.807) is 13.0 Å². The van der Waals surface area contributed by atoms with Gasteiger partial charge in [-0.2, -0.15) is 0 Å². The van der Waals surface area contributed by atoms with Gasteiger partial charge in [0.05, 0.1) is 11.0 Å². The Hall–Kier alpha value is -1.13. The van der Waals surface area contributed by atoms with Gasteiger partial charge >= 0.3 is 0 Å². The fourth-order valence-corrected chi connectivity index (χ4v) is 3.38. The molecule has 0 radical (unpaired) electrons. The Kier molecular flexibility index (Phi) is 4.18. The molecule has 1 aliphatic heterocycles. The largest absolute Gasteiger partial charge is 0.328 e. The third-order valence-electron chi connectivity index (χ3n) is 4.36. The van der Waals surface area contributed by atoms with E-state index in [0.717, 1.165) is 42.9 Å². The van der Waals surface area contributed by atoms with E-state index in [2.05, 4.69) is 21.5 Å². The molecule has 1 aliphatic rings. The summed E-state index contributed by atoms with van der Waals surface area (Å²) in [4.78, 5) is 6.95. The molecule has 3 rings (SSSR count). The van der Waals surface area contributed by atoms with Crippen LogP contribution < -0.4 is 0 Å². The van der Waals surface area contributed by atoms with Crippen LogP contribution in [-0.4, -0.2) is 40.5 Å². The quantitative estimate of drug-likeness (QED) is 0.809. The zero-order valence-electron chi connectivity index (χ0n) is 12.6. The molecule has 1 aromatic heterocycles. The van der Waals surface area contributed by atoms with Crippen LogP contribution in [0.2, 0.25) is 0 Å². The Bertz CT molecular complexity index is 652. The Morgan fingerprint density at radius 1 is 1.43 bits per heavy atom. The maximum Gasteiger partial charge on any atom is 0.128 e. The van der Waals surface area contributed by atoms with Crippen LogP contribution in [0.1, 0.15) is 17.8 Å². The van der Waals surface area contributed by atoms with Crippen LogP contribution in [0, 0.1) is 18.7 Å². The summed E-state index contributed by atoms with van der Waals surface area (Å²) in [7, 11) is 2.16. The van der Waals surface area contributed by atoms with E-state index in [-0.39, 0.29) is 5.82 Å². The third kappa shape index (κ3) is 2.92. The molecule has 0 aliphatic carbocycles. The number of alkyl halides is 1. The second-order valence-electron chi connectivity index (χ2n) is 6.08. The molecule has 2 aromatic rings. The number of hydrogen-bond donors (Lipinski definition) is 0. The lowest BCUT2D eigenvalue weighted by Gasteiger charge is -2.14. The van der Waals surface area contributed by atoms with Crippen LogP contribution in [0.4, 0.5) is 4.39 Å². The molecule has 3 nitrogen and oxygen atoms in total. The van der Waals surface area contributed by atoms with Gasteiger partial charge in [0, 0.05) is 31.5 Å². The SMILES string of the molecule is Cc1cc2c(cc1F)nc(CCCl)n2CC1CCN(C)C1. The van der Waals surface area contributed by atoms with Gasteiger partial charge in [0.1, 0.15) is 11.6 Å². The van der Waals surface area contributed by atoms with Crippen molar-refractivity contribution in [2.45, 2.75) is 26.3 Å². The first-order chi connectivity index (χ1) is 10.1. The van der Waals surface area contributed by atoms with Crippen molar-refractivity contribution in [1.82, 2.24) is 14.5 Å². The summed E-state index contributed by atoms with van der Waals surface area (Å²) in [5.41, 5.74) is 2.44. The molecule has 1 saturated heterocycles. The molecule has 0 amide bonds. The standard InChI is InChI=1S/C16H21ClFN3/c1-11-7-15-14(8-13(11)18)19-16(3-5-17)21(15)10-12-4-6-20(2)9-12/h7-8,12H,3-6,9-10H2,1-2H3. The molecule has 0 N–H and O–H groups in total. The number of likely N-dealkylation sites (tertiary alicyclic amines) is 1. The maximum atomic E-state index is 13.7. The van der Waals surface area contributed by atoms with Crippen molar-refractivity contribution in [2.75, 3.05) is 26.0 Å². The summed E-state index contributed by atoms with van der Waals surface area (Å²) in [6.07, 6.45) is 1.93. The molecule has 21 heavy (non-hydrogen) atoms. The highest BCUT2D eigenvalue weighted by molar-refractivity contribution is 6.17. The Morgan fingerprint density at radius 2 is 2.24 bits per heavy atom. The molecule has 114 valence electrons. The van der Waals surface area contributed by atoms with Crippen molar-refractivity contribution >= 4 is 22.6 Å².